The number of aryl methyl sites for hydroxylation is 1. The maximum atomic E-state index is 10.8. The lowest BCUT2D eigenvalue weighted by atomic mass is 9.90. The van der Waals surface area contributed by atoms with Gasteiger partial charge in [-0.2, -0.15) is 0 Å². The first kappa shape index (κ1) is 16.8. The van der Waals surface area contributed by atoms with Crippen molar-refractivity contribution in [3.63, 3.8) is 0 Å². The van der Waals surface area contributed by atoms with Crippen molar-refractivity contribution in [2.75, 3.05) is 6.61 Å². The monoisotopic (exact) mass is 367 g/mol. The van der Waals surface area contributed by atoms with Crippen molar-refractivity contribution in [1.29, 1.82) is 0 Å². The van der Waals surface area contributed by atoms with Crippen LogP contribution in [-0.4, -0.2) is 49.2 Å². The predicted octanol–water partition coefficient (Wildman–Crippen LogP) is 1.89. The standard InChI is InChI=1S/C20H21N3O4/c1-12-14-7-8-23(18(14)22-11-21-12)19-16(24)17(25)20(27-19)9-15(26-10-20)13-5-3-2-4-6-13/h2-8,11,15-17,19,24-25H,9-10H2,1H3. The van der Waals surface area contributed by atoms with E-state index in [1.807, 2.05) is 49.5 Å². The van der Waals surface area contributed by atoms with E-state index in [1.54, 1.807) is 4.57 Å². The van der Waals surface area contributed by atoms with Gasteiger partial charge in [0.1, 0.15) is 29.8 Å². The van der Waals surface area contributed by atoms with Crippen LogP contribution >= 0.6 is 0 Å². The molecule has 0 radical (unpaired) electrons. The molecule has 1 aromatic carbocycles. The van der Waals surface area contributed by atoms with Crippen LogP contribution in [0.4, 0.5) is 0 Å². The van der Waals surface area contributed by atoms with Crippen LogP contribution in [0.5, 0.6) is 0 Å². The Balaban J connectivity index is 1.47. The second-order valence-electron chi connectivity index (χ2n) is 7.34. The summed E-state index contributed by atoms with van der Waals surface area (Å²) in [5.74, 6) is 0. The molecule has 27 heavy (non-hydrogen) atoms. The summed E-state index contributed by atoms with van der Waals surface area (Å²) in [6.07, 6.45) is 0.773. The van der Waals surface area contributed by atoms with Gasteiger partial charge in [-0.05, 0) is 18.6 Å². The molecular formula is C20H21N3O4. The summed E-state index contributed by atoms with van der Waals surface area (Å²) in [6, 6.07) is 11.8. The van der Waals surface area contributed by atoms with Crippen LogP contribution in [0.2, 0.25) is 0 Å². The van der Waals surface area contributed by atoms with E-state index in [9.17, 15) is 10.2 Å². The van der Waals surface area contributed by atoms with E-state index in [2.05, 4.69) is 9.97 Å². The zero-order valence-electron chi connectivity index (χ0n) is 14.9. The lowest BCUT2D eigenvalue weighted by molar-refractivity contribution is -0.103. The van der Waals surface area contributed by atoms with Gasteiger partial charge < -0.3 is 24.3 Å². The minimum atomic E-state index is -1.08. The Morgan fingerprint density at radius 1 is 1.15 bits per heavy atom. The molecule has 3 aromatic rings. The van der Waals surface area contributed by atoms with Crippen LogP contribution in [0.1, 0.15) is 30.0 Å². The fourth-order valence-electron chi connectivity index (χ4n) is 4.21. The molecule has 0 bridgehead atoms. The van der Waals surface area contributed by atoms with Gasteiger partial charge in [-0.15, -0.1) is 0 Å². The van der Waals surface area contributed by atoms with Crippen LogP contribution < -0.4 is 0 Å². The molecule has 2 saturated heterocycles. The fraction of sp³-hybridized carbons (Fsp3) is 0.400. The van der Waals surface area contributed by atoms with E-state index in [4.69, 9.17) is 9.47 Å². The molecule has 2 aliphatic heterocycles. The third-order valence-corrected chi connectivity index (χ3v) is 5.72. The van der Waals surface area contributed by atoms with Crippen LogP contribution in [0.3, 0.4) is 0 Å². The Morgan fingerprint density at radius 2 is 1.96 bits per heavy atom. The lowest BCUT2D eigenvalue weighted by Gasteiger charge is -2.25. The van der Waals surface area contributed by atoms with Crippen molar-refractivity contribution in [2.24, 2.45) is 0 Å². The molecule has 2 aromatic heterocycles. The van der Waals surface area contributed by atoms with Gasteiger partial charge in [-0.1, -0.05) is 30.3 Å². The van der Waals surface area contributed by atoms with Crippen molar-refractivity contribution in [1.82, 2.24) is 14.5 Å². The largest absolute Gasteiger partial charge is 0.387 e. The van der Waals surface area contributed by atoms with Gasteiger partial charge in [0.2, 0.25) is 0 Å². The number of nitrogens with zero attached hydrogens (tertiary/aromatic N) is 3. The van der Waals surface area contributed by atoms with Gasteiger partial charge in [0.05, 0.1) is 18.4 Å². The predicted molar refractivity (Wildman–Crippen MR) is 96.9 cm³/mol. The molecular weight excluding hydrogens is 346 g/mol. The van der Waals surface area contributed by atoms with Gasteiger partial charge >= 0.3 is 0 Å². The summed E-state index contributed by atoms with van der Waals surface area (Å²) >= 11 is 0. The molecule has 5 rings (SSSR count). The number of rotatable bonds is 2. The number of benzene rings is 1. The number of ether oxygens (including phenoxy) is 2. The van der Waals surface area contributed by atoms with Crippen molar-refractivity contribution < 1.29 is 19.7 Å². The van der Waals surface area contributed by atoms with Crippen LogP contribution in [-0.2, 0) is 9.47 Å². The first-order chi connectivity index (χ1) is 13.1. The molecule has 0 amide bonds. The zero-order valence-corrected chi connectivity index (χ0v) is 14.9. The molecule has 5 atom stereocenters. The molecule has 1 spiro atoms. The van der Waals surface area contributed by atoms with Crippen LogP contribution in [0, 0.1) is 6.92 Å². The summed E-state index contributed by atoms with van der Waals surface area (Å²) in [7, 11) is 0. The van der Waals surface area contributed by atoms with E-state index >= 15 is 0 Å². The topological polar surface area (TPSA) is 89.6 Å². The SMILES string of the molecule is Cc1ncnc2c1ccn2C1OC2(COC(c3ccccc3)C2)C(O)C1O. The van der Waals surface area contributed by atoms with Crippen molar-refractivity contribution in [3.8, 4) is 0 Å². The van der Waals surface area contributed by atoms with Gasteiger partial charge in [-0.3, -0.25) is 0 Å². The average Bonchev–Trinajstić information content (AvgIpc) is 3.37. The molecule has 140 valence electrons. The Morgan fingerprint density at radius 3 is 2.78 bits per heavy atom. The van der Waals surface area contributed by atoms with E-state index < -0.39 is 24.0 Å². The lowest BCUT2D eigenvalue weighted by Crippen LogP contribution is -2.43. The Hall–Kier alpha value is -2.32. The van der Waals surface area contributed by atoms with Crippen LogP contribution in [0.25, 0.3) is 11.0 Å². The van der Waals surface area contributed by atoms with Gasteiger partial charge in [-0.25, -0.2) is 9.97 Å². The Labute approximate surface area is 156 Å². The van der Waals surface area contributed by atoms with Crippen molar-refractivity contribution >= 4 is 11.0 Å². The molecule has 0 aliphatic carbocycles. The van der Waals surface area contributed by atoms with Crippen LogP contribution in [0.15, 0.2) is 48.9 Å². The number of aromatic nitrogens is 3. The highest BCUT2D eigenvalue weighted by atomic mass is 16.6. The quantitative estimate of drug-likeness (QED) is 0.719. The van der Waals surface area contributed by atoms with E-state index in [0.717, 1.165) is 16.6 Å². The summed E-state index contributed by atoms with van der Waals surface area (Å²) in [5, 5.41) is 22.4. The maximum Gasteiger partial charge on any atom is 0.164 e. The third-order valence-electron chi connectivity index (χ3n) is 5.72. The molecule has 2 fully saturated rings. The molecule has 2 N–H and O–H groups in total. The highest BCUT2D eigenvalue weighted by Crippen LogP contribution is 2.48. The summed E-state index contributed by atoms with van der Waals surface area (Å²) in [6.45, 7) is 2.14. The maximum absolute atomic E-state index is 10.8. The summed E-state index contributed by atoms with van der Waals surface area (Å²) in [5.41, 5.74) is 1.63. The first-order valence-electron chi connectivity index (χ1n) is 9.08. The minimum absolute atomic E-state index is 0.169. The highest BCUT2D eigenvalue weighted by Gasteiger charge is 2.58. The van der Waals surface area contributed by atoms with E-state index in [-0.39, 0.29) is 12.7 Å². The molecule has 4 heterocycles. The van der Waals surface area contributed by atoms with E-state index in [0.29, 0.717) is 12.1 Å². The Kier molecular flexibility index (Phi) is 3.80. The van der Waals surface area contributed by atoms with Gasteiger partial charge in [0.25, 0.3) is 0 Å². The van der Waals surface area contributed by atoms with Crippen molar-refractivity contribution in [3.05, 3.63) is 60.2 Å². The number of hydrogen-bond acceptors (Lipinski definition) is 6. The second-order valence-corrected chi connectivity index (χ2v) is 7.34. The molecule has 2 aliphatic rings. The van der Waals surface area contributed by atoms with Gasteiger partial charge in [0, 0.05) is 18.0 Å². The number of aliphatic hydroxyl groups excluding tert-OH is 2. The number of fused-ring (bicyclic) bond motifs is 1. The third kappa shape index (κ3) is 2.50. The minimum Gasteiger partial charge on any atom is -0.387 e. The highest BCUT2D eigenvalue weighted by molar-refractivity contribution is 5.78. The number of hydrogen-bond donors (Lipinski definition) is 2. The zero-order chi connectivity index (χ0) is 18.6. The normalized spacial score (nSPS) is 33.3. The average molecular weight is 367 g/mol. The Bertz CT molecular complexity index is 976. The van der Waals surface area contributed by atoms with E-state index in [1.165, 1.54) is 6.33 Å². The smallest absolute Gasteiger partial charge is 0.164 e. The van der Waals surface area contributed by atoms with Gasteiger partial charge in [0.15, 0.2) is 6.23 Å². The molecule has 0 saturated carbocycles. The fourth-order valence-corrected chi connectivity index (χ4v) is 4.21. The summed E-state index contributed by atoms with van der Waals surface area (Å²) < 4.78 is 14.0. The molecule has 7 nitrogen and oxygen atoms in total. The first-order valence-corrected chi connectivity index (χ1v) is 9.08. The molecule has 7 heteroatoms. The van der Waals surface area contributed by atoms with Crippen molar-refractivity contribution in [2.45, 2.75) is 43.5 Å². The number of aliphatic hydroxyl groups is 2. The second kappa shape index (κ2) is 6.10. The summed E-state index contributed by atoms with van der Waals surface area (Å²) in [4.78, 5) is 8.53. The molecule has 5 unspecified atom stereocenters.